The molecule has 34 heavy (non-hydrogen) atoms. The summed E-state index contributed by atoms with van der Waals surface area (Å²) in [6, 6.07) is 2.51. The summed E-state index contributed by atoms with van der Waals surface area (Å²) in [5.41, 5.74) is 5.67. The number of nitrogens with one attached hydrogen (secondary N) is 1. The second-order valence-electron chi connectivity index (χ2n) is 8.38. The lowest BCUT2D eigenvalue weighted by Gasteiger charge is -2.29. The molecule has 0 aromatic heterocycles. The van der Waals surface area contributed by atoms with E-state index in [-0.39, 0.29) is 31.1 Å². The lowest BCUT2D eigenvalue weighted by molar-refractivity contribution is -0.132. The van der Waals surface area contributed by atoms with Crippen molar-refractivity contribution in [2.45, 2.75) is 43.2 Å². The van der Waals surface area contributed by atoms with Crippen LogP contribution in [0.2, 0.25) is 0 Å². The molecule has 1 aromatic rings. The molecule has 0 unspecified atom stereocenters. The number of ether oxygens (including phenoxy) is 1. The Kier molecular flexibility index (Phi) is 8.79. The van der Waals surface area contributed by atoms with E-state index in [1.165, 1.54) is 17.0 Å². The van der Waals surface area contributed by atoms with E-state index in [2.05, 4.69) is 14.4 Å². The highest BCUT2D eigenvalue weighted by Crippen LogP contribution is 2.37. The molecule has 2 fully saturated rings. The zero-order chi connectivity index (χ0) is 24.9. The summed E-state index contributed by atoms with van der Waals surface area (Å²) in [6.07, 6.45) is 2.25. The maximum Gasteiger partial charge on any atom is 0.387 e. The number of rotatable bonds is 8. The lowest BCUT2D eigenvalue weighted by atomic mass is 10.1. The number of carbonyl (C=O) groups is 2. The molecule has 3 N–H and O–H groups in total. The van der Waals surface area contributed by atoms with Crippen molar-refractivity contribution in [2.75, 3.05) is 51.2 Å². The zero-order valence-electron chi connectivity index (χ0n) is 19.1. The Morgan fingerprint density at radius 3 is 2.59 bits per heavy atom. The predicted molar refractivity (Wildman–Crippen MR) is 121 cm³/mol. The van der Waals surface area contributed by atoms with Crippen molar-refractivity contribution in [1.29, 1.82) is 0 Å². The molecule has 1 aromatic carbocycles. The van der Waals surface area contributed by atoms with Crippen LogP contribution in [0.4, 0.5) is 14.5 Å². The third-order valence-electron chi connectivity index (χ3n) is 5.93. The van der Waals surface area contributed by atoms with Crippen LogP contribution in [0.25, 0.3) is 0 Å². The first-order valence-corrected chi connectivity index (χ1v) is 12.7. The standard InChI is InChI=1S/C21H31F2N5O5S/c1-26-9-5-10-27(13-12-26)20(30)15(14-24)25-34(31,32)17-7-4-6-16(19(17)33-21(22)23)28-11-3-2-8-18(28)29/h4,6-7,15,21,25H,2-3,5,8-14,24H2,1H3/t15-/m0/s1. The van der Waals surface area contributed by atoms with Crippen molar-refractivity contribution in [3.8, 4) is 5.75 Å². The van der Waals surface area contributed by atoms with Crippen LogP contribution in [0.15, 0.2) is 23.1 Å². The number of hydrogen-bond acceptors (Lipinski definition) is 7. The smallest absolute Gasteiger partial charge is 0.387 e. The van der Waals surface area contributed by atoms with Crippen LogP contribution in [-0.4, -0.2) is 89.0 Å². The van der Waals surface area contributed by atoms with Crippen molar-refractivity contribution in [2.24, 2.45) is 5.73 Å². The number of anilines is 1. The summed E-state index contributed by atoms with van der Waals surface area (Å²) in [7, 11) is -2.58. The van der Waals surface area contributed by atoms with Crippen molar-refractivity contribution < 1.29 is 31.5 Å². The van der Waals surface area contributed by atoms with E-state index < -0.39 is 39.2 Å². The summed E-state index contributed by atoms with van der Waals surface area (Å²) >= 11 is 0. The topological polar surface area (TPSA) is 125 Å². The van der Waals surface area contributed by atoms with Crippen LogP contribution in [-0.2, 0) is 19.6 Å². The maximum absolute atomic E-state index is 13.3. The van der Waals surface area contributed by atoms with Gasteiger partial charge in [0, 0.05) is 39.1 Å². The van der Waals surface area contributed by atoms with Crippen molar-refractivity contribution in [3.05, 3.63) is 18.2 Å². The molecule has 2 aliphatic rings. The molecule has 3 rings (SSSR count). The fourth-order valence-corrected chi connectivity index (χ4v) is 5.49. The summed E-state index contributed by atoms with van der Waals surface area (Å²) in [5.74, 6) is -1.44. The van der Waals surface area contributed by atoms with Gasteiger partial charge in [-0.1, -0.05) is 6.07 Å². The van der Waals surface area contributed by atoms with Gasteiger partial charge in [0.05, 0.1) is 5.69 Å². The van der Waals surface area contributed by atoms with Crippen molar-refractivity contribution in [1.82, 2.24) is 14.5 Å². The number of carbonyl (C=O) groups excluding carboxylic acids is 2. The van der Waals surface area contributed by atoms with Gasteiger partial charge in [-0.15, -0.1) is 0 Å². The predicted octanol–water partition coefficient (Wildman–Crippen LogP) is 0.575. The van der Waals surface area contributed by atoms with Crippen LogP contribution in [0, 0.1) is 0 Å². The molecule has 2 heterocycles. The van der Waals surface area contributed by atoms with E-state index in [9.17, 15) is 26.8 Å². The second kappa shape index (κ2) is 11.4. The Bertz CT molecular complexity index is 994. The minimum atomic E-state index is -4.51. The van der Waals surface area contributed by atoms with Gasteiger partial charge in [-0.05, 0) is 45.0 Å². The average Bonchev–Trinajstić information content (AvgIpc) is 3.01. The number of sulfonamides is 1. The van der Waals surface area contributed by atoms with Crippen LogP contribution in [0.3, 0.4) is 0 Å². The Hall–Kier alpha value is -2.35. The normalized spacial score (nSPS) is 19.3. The zero-order valence-corrected chi connectivity index (χ0v) is 19.9. The molecule has 2 aliphatic heterocycles. The molecule has 0 radical (unpaired) electrons. The highest BCUT2D eigenvalue weighted by atomic mass is 32.2. The monoisotopic (exact) mass is 503 g/mol. The van der Waals surface area contributed by atoms with Crippen LogP contribution in [0.1, 0.15) is 25.7 Å². The number of benzene rings is 1. The van der Waals surface area contributed by atoms with Gasteiger partial charge in [0.1, 0.15) is 10.9 Å². The fraction of sp³-hybridized carbons (Fsp3) is 0.619. The van der Waals surface area contributed by atoms with E-state index in [1.54, 1.807) is 4.90 Å². The lowest BCUT2D eigenvalue weighted by Crippen LogP contribution is -2.52. The first kappa shape index (κ1) is 26.3. The summed E-state index contributed by atoms with van der Waals surface area (Å²) < 4.78 is 59.9. The Balaban J connectivity index is 1.91. The number of nitrogens with zero attached hydrogens (tertiary/aromatic N) is 3. The van der Waals surface area contributed by atoms with E-state index in [0.29, 0.717) is 32.5 Å². The second-order valence-corrected chi connectivity index (χ2v) is 10.1. The highest BCUT2D eigenvalue weighted by molar-refractivity contribution is 7.89. The molecule has 10 nitrogen and oxygen atoms in total. The van der Waals surface area contributed by atoms with Gasteiger partial charge in [0.15, 0.2) is 5.75 Å². The fourth-order valence-electron chi connectivity index (χ4n) is 4.13. The molecular weight excluding hydrogens is 472 g/mol. The first-order valence-electron chi connectivity index (χ1n) is 11.2. The summed E-state index contributed by atoms with van der Waals surface area (Å²) in [6.45, 7) is -1.08. The molecule has 190 valence electrons. The maximum atomic E-state index is 13.3. The number of para-hydroxylation sites is 1. The molecule has 1 atom stereocenters. The molecule has 2 saturated heterocycles. The summed E-state index contributed by atoms with van der Waals surface area (Å²) in [4.78, 5) is 29.7. The third-order valence-corrected chi connectivity index (χ3v) is 7.43. The molecule has 0 aliphatic carbocycles. The van der Waals surface area contributed by atoms with E-state index in [1.807, 2.05) is 7.05 Å². The van der Waals surface area contributed by atoms with E-state index >= 15 is 0 Å². The Labute approximate surface area is 198 Å². The molecule has 0 saturated carbocycles. The van der Waals surface area contributed by atoms with Crippen LogP contribution < -0.4 is 20.1 Å². The number of hydrogen-bond donors (Lipinski definition) is 2. The van der Waals surface area contributed by atoms with Gasteiger partial charge < -0.3 is 25.2 Å². The van der Waals surface area contributed by atoms with Gasteiger partial charge in [0.25, 0.3) is 0 Å². The Morgan fingerprint density at radius 1 is 1.15 bits per heavy atom. The number of piperidine rings is 1. The SMILES string of the molecule is CN1CCCN(C(=O)[C@H](CN)NS(=O)(=O)c2cccc(N3CCCCC3=O)c2OC(F)F)CC1. The van der Waals surface area contributed by atoms with Crippen LogP contribution >= 0.6 is 0 Å². The molecule has 13 heteroatoms. The van der Waals surface area contributed by atoms with E-state index in [0.717, 1.165) is 19.0 Å². The van der Waals surface area contributed by atoms with Gasteiger partial charge in [-0.25, -0.2) is 8.42 Å². The molecule has 0 spiro atoms. The van der Waals surface area contributed by atoms with Gasteiger partial charge in [-0.3, -0.25) is 9.59 Å². The average molecular weight is 504 g/mol. The largest absolute Gasteiger partial charge is 0.431 e. The minimum Gasteiger partial charge on any atom is -0.431 e. The number of halogens is 2. The van der Waals surface area contributed by atoms with Gasteiger partial charge in [-0.2, -0.15) is 13.5 Å². The third kappa shape index (κ3) is 6.20. The van der Waals surface area contributed by atoms with Gasteiger partial charge >= 0.3 is 6.61 Å². The molecule has 0 bridgehead atoms. The van der Waals surface area contributed by atoms with Gasteiger partial charge in [0.2, 0.25) is 21.8 Å². The minimum absolute atomic E-state index is 0.0564. The first-order chi connectivity index (χ1) is 16.1. The summed E-state index contributed by atoms with van der Waals surface area (Å²) in [5, 5.41) is 0. The van der Waals surface area contributed by atoms with E-state index in [4.69, 9.17) is 5.73 Å². The van der Waals surface area contributed by atoms with Crippen molar-refractivity contribution in [3.63, 3.8) is 0 Å². The number of amides is 2. The molecule has 2 amide bonds. The Morgan fingerprint density at radius 2 is 1.91 bits per heavy atom. The number of alkyl halides is 2. The molecular formula is C21H31F2N5O5S. The highest BCUT2D eigenvalue weighted by Gasteiger charge is 2.33. The number of nitrogens with two attached hydrogens (primary N) is 1. The van der Waals surface area contributed by atoms with Crippen molar-refractivity contribution >= 4 is 27.5 Å². The van der Waals surface area contributed by atoms with Crippen LogP contribution in [0.5, 0.6) is 5.75 Å². The number of likely N-dealkylation sites (N-methyl/N-ethyl adjacent to an activating group) is 1. The quantitative estimate of drug-likeness (QED) is 0.532.